The molecule has 0 saturated carbocycles. The van der Waals surface area contributed by atoms with Crippen LogP contribution in [0.5, 0.6) is 0 Å². The summed E-state index contributed by atoms with van der Waals surface area (Å²) >= 11 is 0. The molecule has 0 spiro atoms. The minimum absolute atomic E-state index is 0.0699. The Morgan fingerprint density at radius 2 is 0.582 bits per heavy atom. The standard InChI is InChI=1S/C61H110O6/c1-4-7-10-13-16-18-20-22-24-26-28-29-30-31-32-33-34-36-37-39-41-43-45-48-51-54-60(63)66-57-58(56-65-59(62)53-50-47-15-12-9-6-3)67-61(64)55-52-49-46-44-42-40-38-35-27-25-23-21-19-17-14-11-8-5-2/h7,10,16,18,22,24,28-29,58H,4-6,8-9,11-15,17,19-21,23,25-27,30-57H2,1-3H3/b10-7-,18-16-,24-22-,29-28-. The highest BCUT2D eigenvalue weighted by Crippen LogP contribution is 2.17. The van der Waals surface area contributed by atoms with Crippen molar-refractivity contribution < 1.29 is 28.6 Å². The zero-order chi connectivity index (χ0) is 48.6. The van der Waals surface area contributed by atoms with Crippen LogP contribution >= 0.6 is 0 Å². The molecule has 0 aliphatic carbocycles. The predicted octanol–water partition coefficient (Wildman–Crippen LogP) is 19.4. The molecule has 0 N–H and O–H groups in total. The number of hydrogen-bond acceptors (Lipinski definition) is 6. The van der Waals surface area contributed by atoms with Crippen LogP contribution in [0.2, 0.25) is 0 Å². The van der Waals surface area contributed by atoms with Crippen molar-refractivity contribution >= 4 is 17.9 Å². The van der Waals surface area contributed by atoms with E-state index in [0.29, 0.717) is 19.3 Å². The molecule has 67 heavy (non-hydrogen) atoms. The van der Waals surface area contributed by atoms with Gasteiger partial charge in [-0.3, -0.25) is 14.4 Å². The van der Waals surface area contributed by atoms with Crippen LogP contribution in [0.3, 0.4) is 0 Å². The maximum absolute atomic E-state index is 12.8. The van der Waals surface area contributed by atoms with Crippen molar-refractivity contribution in [3.63, 3.8) is 0 Å². The monoisotopic (exact) mass is 939 g/mol. The first-order chi connectivity index (χ1) is 33.0. The minimum atomic E-state index is -0.767. The van der Waals surface area contributed by atoms with E-state index in [1.807, 2.05) is 0 Å². The summed E-state index contributed by atoms with van der Waals surface area (Å²) in [5.74, 6) is -0.866. The fraction of sp³-hybridized carbons (Fsp3) is 0.820. The molecule has 0 heterocycles. The van der Waals surface area contributed by atoms with E-state index < -0.39 is 6.10 Å². The Balaban J connectivity index is 4.09. The fourth-order valence-electron chi connectivity index (χ4n) is 8.49. The number of hydrogen-bond donors (Lipinski definition) is 0. The molecule has 390 valence electrons. The van der Waals surface area contributed by atoms with Crippen LogP contribution in [-0.2, 0) is 28.6 Å². The zero-order valence-corrected chi connectivity index (χ0v) is 44.7. The van der Waals surface area contributed by atoms with Crippen molar-refractivity contribution in [3.8, 4) is 0 Å². The molecule has 0 rings (SSSR count). The predicted molar refractivity (Wildman–Crippen MR) is 289 cm³/mol. The second-order valence-corrected chi connectivity index (χ2v) is 19.5. The summed E-state index contributed by atoms with van der Waals surface area (Å²) in [7, 11) is 0. The number of carbonyl (C=O) groups is 3. The average molecular weight is 940 g/mol. The van der Waals surface area contributed by atoms with Gasteiger partial charge in [-0.2, -0.15) is 0 Å². The number of unbranched alkanes of at least 4 members (excludes halogenated alkanes) is 34. The molecule has 0 fully saturated rings. The van der Waals surface area contributed by atoms with Gasteiger partial charge in [0.05, 0.1) is 0 Å². The number of allylic oxidation sites excluding steroid dienone is 8. The highest BCUT2D eigenvalue weighted by molar-refractivity contribution is 5.71. The van der Waals surface area contributed by atoms with Gasteiger partial charge in [0, 0.05) is 19.3 Å². The van der Waals surface area contributed by atoms with Gasteiger partial charge in [-0.05, 0) is 57.8 Å². The Morgan fingerprint density at radius 1 is 0.313 bits per heavy atom. The Kier molecular flexibility index (Phi) is 53.8. The van der Waals surface area contributed by atoms with Gasteiger partial charge < -0.3 is 14.2 Å². The third-order valence-electron chi connectivity index (χ3n) is 12.8. The zero-order valence-electron chi connectivity index (χ0n) is 44.7. The SMILES string of the molecule is CC/C=C\C/C=C\C/C=C\C/C=C\CCCCCCCCCCCCCCC(=O)OCC(COC(=O)CCCCCCCC)OC(=O)CCCCCCCCCCCCCCCCCCCC. The van der Waals surface area contributed by atoms with Crippen molar-refractivity contribution in [2.75, 3.05) is 13.2 Å². The molecule has 0 aliphatic heterocycles. The largest absolute Gasteiger partial charge is 0.462 e. The summed E-state index contributed by atoms with van der Waals surface area (Å²) in [5, 5.41) is 0. The molecule has 1 atom stereocenters. The van der Waals surface area contributed by atoms with E-state index in [9.17, 15) is 14.4 Å². The van der Waals surface area contributed by atoms with Gasteiger partial charge in [0.1, 0.15) is 13.2 Å². The summed E-state index contributed by atoms with van der Waals surface area (Å²) in [4.78, 5) is 37.9. The quantitative estimate of drug-likeness (QED) is 0.0262. The topological polar surface area (TPSA) is 78.9 Å². The highest BCUT2D eigenvalue weighted by atomic mass is 16.6. The molecule has 0 amide bonds. The van der Waals surface area contributed by atoms with E-state index in [-0.39, 0.29) is 31.1 Å². The lowest BCUT2D eigenvalue weighted by molar-refractivity contribution is -0.167. The molecule has 0 aromatic heterocycles. The van der Waals surface area contributed by atoms with Gasteiger partial charge in [-0.1, -0.05) is 275 Å². The minimum Gasteiger partial charge on any atom is -0.462 e. The Labute approximate surface area is 416 Å². The number of esters is 3. The van der Waals surface area contributed by atoms with Crippen LogP contribution in [0, 0.1) is 0 Å². The Morgan fingerprint density at radius 3 is 0.910 bits per heavy atom. The van der Waals surface area contributed by atoms with E-state index in [4.69, 9.17) is 14.2 Å². The lowest BCUT2D eigenvalue weighted by atomic mass is 10.0. The van der Waals surface area contributed by atoms with Crippen LogP contribution in [0.1, 0.15) is 303 Å². The molecule has 6 nitrogen and oxygen atoms in total. The van der Waals surface area contributed by atoms with E-state index >= 15 is 0 Å². The van der Waals surface area contributed by atoms with Gasteiger partial charge in [-0.25, -0.2) is 0 Å². The average Bonchev–Trinajstić information content (AvgIpc) is 3.33. The normalized spacial score (nSPS) is 12.3. The Hall–Kier alpha value is -2.63. The van der Waals surface area contributed by atoms with Crippen molar-refractivity contribution in [1.82, 2.24) is 0 Å². The van der Waals surface area contributed by atoms with E-state index in [2.05, 4.69) is 69.4 Å². The first-order valence-electron chi connectivity index (χ1n) is 29.1. The molecule has 0 aromatic carbocycles. The van der Waals surface area contributed by atoms with Crippen LogP contribution in [0.4, 0.5) is 0 Å². The third-order valence-corrected chi connectivity index (χ3v) is 12.8. The summed E-state index contributed by atoms with van der Waals surface area (Å²) < 4.78 is 16.8. The molecule has 1 unspecified atom stereocenters. The van der Waals surface area contributed by atoms with Crippen molar-refractivity contribution in [3.05, 3.63) is 48.6 Å². The van der Waals surface area contributed by atoms with Crippen LogP contribution in [0.15, 0.2) is 48.6 Å². The molecule has 0 aliphatic rings. The summed E-state index contributed by atoms with van der Waals surface area (Å²) in [6.07, 6.45) is 68.5. The lowest BCUT2D eigenvalue weighted by Crippen LogP contribution is -2.30. The summed E-state index contributed by atoms with van der Waals surface area (Å²) in [6.45, 7) is 6.51. The van der Waals surface area contributed by atoms with Crippen molar-refractivity contribution in [2.45, 2.75) is 309 Å². The van der Waals surface area contributed by atoms with Gasteiger partial charge in [0.25, 0.3) is 0 Å². The van der Waals surface area contributed by atoms with E-state index in [0.717, 1.165) is 83.5 Å². The number of carbonyl (C=O) groups excluding carboxylic acids is 3. The molecule has 0 saturated heterocycles. The highest BCUT2D eigenvalue weighted by Gasteiger charge is 2.19. The van der Waals surface area contributed by atoms with E-state index in [1.165, 1.54) is 180 Å². The molecule has 0 radical (unpaired) electrons. The molecular formula is C61H110O6. The third kappa shape index (κ3) is 54.2. The second kappa shape index (κ2) is 56.0. The maximum Gasteiger partial charge on any atom is 0.306 e. The van der Waals surface area contributed by atoms with Crippen LogP contribution in [-0.4, -0.2) is 37.2 Å². The van der Waals surface area contributed by atoms with Gasteiger partial charge in [0.2, 0.25) is 0 Å². The smallest absolute Gasteiger partial charge is 0.306 e. The van der Waals surface area contributed by atoms with Crippen molar-refractivity contribution in [2.24, 2.45) is 0 Å². The molecular weight excluding hydrogens is 829 g/mol. The number of ether oxygens (including phenoxy) is 3. The van der Waals surface area contributed by atoms with Crippen molar-refractivity contribution in [1.29, 1.82) is 0 Å². The van der Waals surface area contributed by atoms with Gasteiger partial charge in [0.15, 0.2) is 6.10 Å². The molecule has 0 aromatic rings. The van der Waals surface area contributed by atoms with Crippen LogP contribution in [0.25, 0.3) is 0 Å². The first-order valence-corrected chi connectivity index (χ1v) is 29.1. The summed E-state index contributed by atoms with van der Waals surface area (Å²) in [6, 6.07) is 0. The fourth-order valence-corrected chi connectivity index (χ4v) is 8.49. The first kappa shape index (κ1) is 64.4. The molecule has 6 heteroatoms. The van der Waals surface area contributed by atoms with Gasteiger partial charge >= 0.3 is 17.9 Å². The number of rotatable bonds is 53. The second-order valence-electron chi connectivity index (χ2n) is 19.5. The Bertz CT molecular complexity index is 1170. The lowest BCUT2D eigenvalue weighted by Gasteiger charge is -2.18. The van der Waals surface area contributed by atoms with Gasteiger partial charge in [-0.15, -0.1) is 0 Å². The molecule has 0 bridgehead atoms. The van der Waals surface area contributed by atoms with E-state index in [1.54, 1.807) is 0 Å². The maximum atomic E-state index is 12.8. The van der Waals surface area contributed by atoms with Crippen LogP contribution < -0.4 is 0 Å². The summed E-state index contributed by atoms with van der Waals surface area (Å²) in [5.41, 5.74) is 0.